The summed E-state index contributed by atoms with van der Waals surface area (Å²) in [4.78, 5) is 13.3. The maximum atomic E-state index is 11.6. The first-order chi connectivity index (χ1) is 6.40. The minimum absolute atomic E-state index is 0.112. The number of alkyl halides is 2. The second-order valence-corrected chi connectivity index (χ2v) is 4.80. The molecule has 0 bridgehead atoms. The third-order valence-corrected chi connectivity index (χ3v) is 1.82. The molecule has 0 atom stereocenters. The van der Waals surface area contributed by atoms with Crippen molar-refractivity contribution in [2.24, 2.45) is 0 Å². The highest BCUT2D eigenvalue weighted by Crippen LogP contribution is 2.01. The number of halogens is 2. The molecule has 0 aromatic rings. The molecule has 0 saturated carbocycles. The third kappa shape index (κ3) is 6.33. The standard InChI is InChI=1S/C9H18Cl2N2O/c1-9(2,3)12-8(14)13(6-4-10)7-5-11/h4-7H2,1-3H3,(H,12,14). The van der Waals surface area contributed by atoms with Crippen molar-refractivity contribution in [3.63, 3.8) is 0 Å². The van der Waals surface area contributed by atoms with Crippen LogP contribution in [0, 0.1) is 0 Å². The lowest BCUT2D eigenvalue weighted by molar-refractivity contribution is 0.194. The van der Waals surface area contributed by atoms with Crippen molar-refractivity contribution in [2.45, 2.75) is 26.3 Å². The molecule has 0 rings (SSSR count). The first-order valence-corrected chi connectivity index (χ1v) is 5.66. The minimum Gasteiger partial charge on any atom is -0.333 e. The van der Waals surface area contributed by atoms with Gasteiger partial charge in [-0.25, -0.2) is 4.79 Å². The van der Waals surface area contributed by atoms with Crippen LogP contribution < -0.4 is 5.32 Å². The Labute approximate surface area is 95.7 Å². The fourth-order valence-corrected chi connectivity index (χ4v) is 1.33. The molecule has 0 aromatic heterocycles. The second-order valence-electron chi connectivity index (χ2n) is 4.05. The third-order valence-electron chi connectivity index (χ3n) is 1.48. The summed E-state index contributed by atoms with van der Waals surface area (Å²) < 4.78 is 0. The van der Waals surface area contributed by atoms with E-state index in [-0.39, 0.29) is 11.6 Å². The van der Waals surface area contributed by atoms with Crippen LogP contribution in [0.4, 0.5) is 4.79 Å². The maximum Gasteiger partial charge on any atom is 0.317 e. The Balaban J connectivity index is 4.14. The van der Waals surface area contributed by atoms with Gasteiger partial charge >= 0.3 is 6.03 Å². The summed E-state index contributed by atoms with van der Waals surface area (Å²) in [7, 11) is 0. The number of hydrogen-bond donors (Lipinski definition) is 1. The number of nitrogens with one attached hydrogen (secondary N) is 1. The van der Waals surface area contributed by atoms with E-state index >= 15 is 0 Å². The van der Waals surface area contributed by atoms with Gasteiger partial charge in [0.25, 0.3) is 0 Å². The summed E-state index contributed by atoms with van der Waals surface area (Å²) >= 11 is 11.2. The zero-order chi connectivity index (χ0) is 11.2. The average molecular weight is 241 g/mol. The van der Waals surface area contributed by atoms with E-state index in [1.807, 2.05) is 20.8 Å². The van der Waals surface area contributed by atoms with E-state index < -0.39 is 0 Å². The Morgan fingerprint density at radius 1 is 1.21 bits per heavy atom. The Morgan fingerprint density at radius 3 is 1.93 bits per heavy atom. The van der Waals surface area contributed by atoms with Crippen LogP contribution in [0.25, 0.3) is 0 Å². The molecule has 0 aliphatic carbocycles. The molecule has 5 heteroatoms. The minimum atomic E-state index is -0.228. The lowest BCUT2D eigenvalue weighted by atomic mass is 10.1. The van der Waals surface area contributed by atoms with Crippen LogP contribution in [-0.4, -0.2) is 41.3 Å². The molecule has 0 spiro atoms. The first-order valence-electron chi connectivity index (χ1n) is 4.59. The number of hydrogen-bond acceptors (Lipinski definition) is 1. The van der Waals surface area contributed by atoms with Crippen LogP contribution in [0.15, 0.2) is 0 Å². The van der Waals surface area contributed by atoms with Crippen molar-refractivity contribution in [3.8, 4) is 0 Å². The van der Waals surface area contributed by atoms with Gasteiger partial charge < -0.3 is 10.2 Å². The van der Waals surface area contributed by atoms with E-state index in [2.05, 4.69) is 5.32 Å². The molecule has 0 unspecified atom stereocenters. The monoisotopic (exact) mass is 240 g/mol. The van der Waals surface area contributed by atoms with Gasteiger partial charge in [0.1, 0.15) is 0 Å². The van der Waals surface area contributed by atoms with E-state index in [0.29, 0.717) is 24.8 Å². The summed E-state index contributed by atoms with van der Waals surface area (Å²) in [6.07, 6.45) is 0. The van der Waals surface area contributed by atoms with Gasteiger partial charge in [0, 0.05) is 30.4 Å². The topological polar surface area (TPSA) is 32.3 Å². The molecule has 0 aliphatic rings. The van der Waals surface area contributed by atoms with Crippen LogP contribution in [-0.2, 0) is 0 Å². The van der Waals surface area contributed by atoms with Gasteiger partial charge in [-0.05, 0) is 20.8 Å². The van der Waals surface area contributed by atoms with Crippen LogP contribution >= 0.6 is 23.2 Å². The fourth-order valence-electron chi connectivity index (χ4n) is 0.919. The van der Waals surface area contributed by atoms with E-state index in [4.69, 9.17) is 23.2 Å². The van der Waals surface area contributed by atoms with Crippen LogP contribution in [0.5, 0.6) is 0 Å². The van der Waals surface area contributed by atoms with Crippen LogP contribution in [0.2, 0.25) is 0 Å². The number of urea groups is 1. The number of carbonyl (C=O) groups excluding carboxylic acids is 1. The number of rotatable bonds is 4. The number of carbonyl (C=O) groups is 1. The molecule has 0 aliphatic heterocycles. The van der Waals surface area contributed by atoms with Crippen molar-refractivity contribution in [1.29, 1.82) is 0 Å². The summed E-state index contributed by atoms with van der Waals surface area (Å²) in [6.45, 7) is 6.85. The second kappa shape index (κ2) is 6.36. The van der Waals surface area contributed by atoms with E-state index in [1.54, 1.807) is 4.90 Å². The summed E-state index contributed by atoms with van der Waals surface area (Å²) in [5, 5.41) is 2.86. The zero-order valence-corrected chi connectivity index (χ0v) is 10.5. The molecule has 0 aromatic carbocycles. The summed E-state index contributed by atoms with van der Waals surface area (Å²) in [5.74, 6) is 0.850. The Morgan fingerprint density at radius 2 is 1.64 bits per heavy atom. The van der Waals surface area contributed by atoms with Gasteiger partial charge in [-0.1, -0.05) is 0 Å². The molecule has 0 saturated heterocycles. The molecule has 2 amide bonds. The van der Waals surface area contributed by atoms with Crippen LogP contribution in [0.1, 0.15) is 20.8 Å². The van der Waals surface area contributed by atoms with Gasteiger partial charge in [-0.15, -0.1) is 23.2 Å². The average Bonchev–Trinajstić information content (AvgIpc) is 2.01. The highest BCUT2D eigenvalue weighted by molar-refractivity contribution is 6.18. The van der Waals surface area contributed by atoms with E-state index in [0.717, 1.165) is 0 Å². The quantitative estimate of drug-likeness (QED) is 0.752. The van der Waals surface area contributed by atoms with E-state index in [9.17, 15) is 4.79 Å². The van der Waals surface area contributed by atoms with Gasteiger partial charge in [-0.2, -0.15) is 0 Å². The van der Waals surface area contributed by atoms with Crippen molar-refractivity contribution in [2.75, 3.05) is 24.8 Å². The summed E-state index contributed by atoms with van der Waals surface area (Å²) in [6, 6.07) is -0.112. The van der Waals surface area contributed by atoms with Gasteiger partial charge in [-0.3, -0.25) is 0 Å². The maximum absolute atomic E-state index is 11.6. The van der Waals surface area contributed by atoms with Gasteiger partial charge in [0.05, 0.1) is 0 Å². The largest absolute Gasteiger partial charge is 0.333 e. The lowest BCUT2D eigenvalue weighted by Crippen LogP contribution is -2.49. The SMILES string of the molecule is CC(C)(C)NC(=O)N(CCCl)CCCl. The molecular formula is C9H18Cl2N2O. The Bertz CT molecular complexity index is 174. The number of amides is 2. The first kappa shape index (κ1) is 13.8. The van der Waals surface area contributed by atoms with Crippen molar-refractivity contribution < 1.29 is 4.79 Å². The van der Waals surface area contributed by atoms with E-state index in [1.165, 1.54) is 0 Å². The van der Waals surface area contributed by atoms with Crippen molar-refractivity contribution in [1.82, 2.24) is 10.2 Å². The zero-order valence-electron chi connectivity index (χ0n) is 8.94. The Hall–Kier alpha value is -0.150. The summed E-state index contributed by atoms with van der Waals surface area (Å²) in [5.41, 5.74) is -0.228. The predicted octanol–water partition coefficient (Wildman–Crippen LogP) is 2.27. The molecule has 84 valence electrons. The highest BCUT2D eigenvalue weighted by Gasteiger charge is 2.18. The Kier molecular flexibility index (Phi) is 6.29. The molecule has 3 nitrogen and oxygen atoms in total. The van der Waals surface area contributed by atoms with Crippen LogP contribution in [0.3, 0.4) is 0 Å². The molecule has 0 radical (unpaired) electrons. The van der Waals surface area contributed by atoms with Crippen molar-refractivity contribution in [3.05, 3.63) is 0 Å². The fraction of sp³-hybridized carbons (Fsp3) is 0.889. The molecule has 0 heterocycles. The number of nitrogens with zero attached hydrogens (tertiary/aromatic N) is 1. The lowest BCUT2D eigenvalue weighted by Gasteiger charge is -2.27. The molecule has 0 fully saturated rings. The van der Waals surface area contributed by atoms with Gasteiger partial charge in [0.2, 0.25) is 0 Å². The smallest absolute Gasteiger partial charge is 0.317 e. The molecular weight excluding hydrogens is 223 g/mol. The predicted molar refractivity (Wildman–Crippen MR) is 61.3 cm³/mol. The molecule has 1 N–H and O–H groups in total. The van der Waals surface area contributed by atoms with Crippen molar-refractivity contribution >= 4 is 29.2 Å². The highest BCUT2D eigenvalue weighted by atomic mass is 35.5. The normalized spacial score (nSPS) is 11.2. The van der Waals surface area contributed by atoms with Gasteiger partial charge in [0.15, 0.2) is 0 Å². The molecule has 14 heavy (non-hydrogen) atoms.